The van der Waals surface area contributed by atoms with E-state index < -0.39 is 11.6 Å². The molecule has 1 aromatic rings. The molecule has 1 heterocycles. The van der Waals surface area contributed by atoms with Gasteiger partial charge in [0.25, 0.3) is 0 Å². The molecule has 6 heteroatoms. The van der Waals surface area contributed by atoms with E-state index in [1.165, 1.54) is 0 Å². The second-order valence-corrected chi connectivity index (χ2v) is 7.47. The molecule has 0 fully saturated rings. The summed E-state index contributed by atoms with van der Waals surface area (Å²) in [4.78, 5) is 21.6. The molecule has 0 saturated heterocycles. The summed E-state index contributed by atoms with van der Waals surface area (Å²) < 4.78 is 0.533. The lowest BCUT2D eigenvalue weighted by atomic mass is 9.92. The molecule has 0 saturated carbocycles. The molecule has 0 unspecified atom stereocenters. The van der Waals surface area contributed by atoms with Gasteiger partial charge >= 0.3 is 6.09 Å². The van der Waals surface area contributed by atoms with Crippen molar-refractivity contribution >= 4 is 27.8 Å². The molecule has 1 rings (SSSR count). The van der Waals surface area contributed by atoms with Crippen molar-refractivity contribution < 1.29 is 9.90 Å². The number of amides is 1. The van der Waals surface area contributed by atoms with Crippen LogP contribution in [-0.2, 0) is 5.41 Å². The van der Waals surface area contributed by atoms with Crippen molar-refractivity contribution in [2.45, 2.75) is 52.5 Å². The maximum atomic E-state index is 11.6. The predicted molar refractivity (Wildman–Crippen MR) is 86.6 cm³/mol. The lowest BCUT2D eigenvalue weighted by Crippen LogP contribution is -2.46. The number of carboxylic acid groups (broad SMARTS) is 1. The van der Waals surface area contributed by atoms with E-state index in [4.69, 9.17) is 6.42 Å². The van der Waals surface area contributed by atoms with Gasteiger partial charge in [-0.05, 0) is 42.6 Å². The summed E-state index contributed by atoms with van der Waals surface area (Å²) in [6.45, 7) is 11.3. The fraction of sp³-hybridized carbons (Fsp3) is 0.533. The van der Waals surface area contributed by atoms with E-state index in [0.29, 0.717) is 10.3 Å². The van der Waals surface area contributed by atoms with Gasteiger partial charge in [-0.1, -0.05) is 20.8 Å². The van der Waals surface area contributed by atoms with E-state index >= 15 is 0 Å². The highest BCUT2D eigenvalue weighted by Gasteiger charge is 2.33. The Morgan fingerprint density at radius 2 is 1.76 bits per heavy atom. The van der Waals surface area contributed by atoms with Crippen molar-refractivity contribution in [2.75, 3.05) is 4.90 Å². The molecule has 0 bridgehead atoms. The van der Waals surface area contributed by atoms with Crippen LogP contribution in [0.2, 0.25) is 0 Å². The molecule has 0 radical (unpaired) electrons. The normalized spacial score (nSPS) is 11.9. The molecular weight excluding hydrogens is 334 g/mol. The molecule has 0 aromatic carbocycles. The van der Waals surface area contributed by atoms with E-state index in [0.717, 1.165) is 4.90 Å². The van der Waals surface area contributed by atoms with Crippen molar-refractivity contribution in [1.82, 2.24) is 9.97 Å². The second kappa shape index (κ2) is 5.64. The highest BCUT2D eigenvalue weighted by Crippen LogP contribution is 2.32. The Labute approximate surface area is 133 Å². The summed E-state index contributed by atoms with van der Waals surface area (Å²) in [6.07, 6.45) is 4.35. The van der Waals surface area contributed by atoms with Crippen LogP contribution in [0.15, 0.2) is 4.60 Å². The third-order valence-electron chi connectivity index (χ3n) is 2.76. The molecule has 0 aliphatic rings. The maximum absolute atomic E-state index is 11.6. The minimum Gasteiger partial charge on any atom is -0.465 e. The fourth-order valence-corrected chi connectivity index (χ4v) is 2.69. The Morgan fingerprint density at radius 3 is 2.10 bits per heavy atom. The van der Waals surface area contributed by atoms with Crippen LogP contribution >= 0.6 is 15.9 Å². The van der Waals surface area contributed by atoms with Gasteiger partial charge < -0.3 is 5.11 Å². The van der Waals surface area contributed by atoms with Gasteiger partial charge in [0, 0.05) is 11.0 Å². The van der Waals surface area contributed by atoms with Crippen LogP contribution in [0, 0.1) is 12.3 Å². The zero-order valence-corrected chi connectivity index (χ0v) is 14.7. The molecule has 1 N–H and O–H groups in total. The summed E-state index contributed by atoms with van der Waals surface area (Å²) in [5.41, 5.74) is -0.121. The first-order valence-corrected chi connectivity index (χ1v) is 7.26. The topological polar surface area (TPSA) is 66.3 Å². The van der Waals surface area contributed by atoms with E-state index in [-0.39, 0.29) is 16.9 Å². The first kappa shape index (κ1) is 17.4. The van der Waals surface area contributed by atoms with Crippen LogP contribution in [0.5, 0.6) is 0 Å². The molecule has 21 heavy (non-hydrogen) atoms. The Hall–Kier alpha value is -1.61. The van der Waals surface area contributed by atoms with Crippen LogP contribution in [0.3, 0.4) is 0 Å². The third kappa shape index (κ3) is 3.73. The van der Waals surface area contributed by atoms with Gasteiger partial charge in [0.05, 0.1) is 5.69 Å². The van der Waals surface area contributed by atoms with Gasteiger partial charge in [-0.2, -0.15) is 0 Å². The van der Waals surface area contributed by atoms with Crippen LogP contribution in [0.4, 0.5) is 10.6 Å². The molecule has 1 amide bonds. The van der Waals surface area contributed by atoms with Gasteiger partial charge in [0.1, 0.15) is 4.60 Å². The quantitative estimate of drug-likeness (QED) is 0.779. The molecular formula is C15H20BrN3O2. The summed E-state index contributed by atoms with van der Waals surface area (Å²) in [5, 5.41) is 9.52. The second-order valence-electron chi connectivity index (χ2n) is 6.72. The first-order chi connectivity index (χ1) is 9.39. The molecule has 114 valence electrons. The average Bonchev–Trinajstić information content (AvgIpc) is 2.26. The molecule has 0 spiro atoms. The summed E-state index contributed by atoms with van der Waals surface area (Å²) in [5.74, 6) is 2.60. The number of anilines is 1. The van der Waals surface area contributed by atoms with Crippen molar-refractivity contribution in [3.63, 3.8) is 0 Å². The molecule has 0 aliphatic heterocycles. The summed E-state index contributed by atoms with van der Waals surface area (Å²) in [7, 11) is 0. The minimum absolute atomic E-state index is 0.186. The molecule has 1 aromatic heterocycles. The van der Waals surface area contributed by atoms with Crippen LogP contribution in [-0.4, -0.2) is 26.7 Å². The molecule has 0 aliphatic carbocycles. The highest BCUT2D eigenvalue weighted by atomic mass is 79.9. The lowest BCUT2D eigenvalue weighted by Gasteiger charge is -2.33. The fourth-order valence-electron chi connectivity index (χ4n) is 1.83. The summed E-state index contributed by atoms with van der Waals surface area (Å²) >= 11 is 3.36. The highest BCUT2D eigenvalue weighted by molar-refractivity contribution is 9.10. The monoisotopic (exact) mass is 353 g/mol. The number of aromatic nitrogens is 2. The number of carbonyl (C=O) groups is 1. The zero-order chi connectivity index (χ0) is 16.6. The molecule has 0 atom stereocenters. The number of hydrogen-bond donors (Lipinski definition) is 1. The largest absolute Gasteiger partial charge is 0.465 e. The van der Waals surface area contributed by atoms with E-state index in [1.54, 1.807) is 20.8 Å². The van der Waals surface area contributed by atoms with Gasteiger partial charge in [0.2, 0.25) is 0 Å². The van der Waals surface area contributed by atoms with E-state index in [9.17, 15) is 9.90 Å². The summed E-state index contributed by atoms with van der Waals surface area (Å²) in [6, 6.07) is 0. The minimum atomic E-state index is -1.12. The standard InChI is InChI=1S/C15H20BrN3O2/c1-8-9-12(19(13(20)21)15(5,6)7)18-10(11(16)17-9)14(2,3)4/h1H,2-7H3,(H,20,21). The smallest absolute Gasteiger partial charge is 0.413 e. The predicted octanol–water partition coefficient (Wildman–Crippen LogP) is 3.80. The van der Waals surface area contributed by atoms with Crippen LogP contribution in [0.25, 0.3) is 0 Å². The zero-order valence-electron chi connectivity index (χ0n) is 13.2. The number of rotatable bonds is 1. The van der Waals surface area contributed by atoms with E-state index in [1.807, 2.05) is 20.8 Å². The maximum Gasteiger partial charge on any atom is 0.413 e. The SMILES string of the molecule is C#Cc1nc(Br)c(C(C)(C)C)nc1N(C(=O)O)C(C)(C)C. The van der Waals surface area contributed by atoms with Crippen LogP contribution < -0.4 is 4.90 Å². The van der Waals surface area contributed by atoms with Crippen molar-refractivity contribution in [2.24, 2.45) is 0 Å². The Morgan fingerprint density at radius 1 is 1.24 bits per heavy atom. The first-order valence-electron chi connectivity index (χ1n) is 6.47. The third-order valence-corrected chi connectivity index (χ3v) is 3.31. The van der Waals surface area contributed by atoms with Gasteiger partial charge in [-0.15, -0.1) is 6.42 Å². The van der Waals surface area contributed by atoms with Gasteiger partial charge in [-0.3, -0.25) is 4.90 Å². The Kier molecular flexibility index (Phi) is 4.69. The number of hydrogen-bond acceptors (Lipinski definition) is 3. The van der Waals surface area contributed by atoms with Crippen molar-refractivity contribution in [1.29, 1.82) is 0 Å². The van der Waals surface area contributed by atoms with Crippen molar-refractivity contribution in [3.8, 4) is 12.3 Å². The lowest BCUT2D eigenvalue weighted by molar-refractivity contribution is 0.195. The Bertz CT molecular complexity index is 607. The number of halogens is 1. The number of nitrogens with zero attached hydrogens (tertiary/aromatic N) is 3. The van der Waals surface area contributed by atoms with Crippen LogP contribution in [0.1, 0.15) is 52.9 Å². The van der Waals surface area contributed by atoms with Gasteiger partial charge in [0.15, 0.2) is 11.5 Å². The Balaban J connectivity index is 3.68. The van der Waals surface area contributed by atoms with Crippen molar-refractivity contribution in [3.05, 3.63) is 16.0 Å². The van der Waals surface area contributed by atoms with Gasteiger partial charge in [-0.25, -0.2) is 14.8 Å². The average molecular weight is 354 g/mol. The van der Waals surface area contributed by atoms with E-state index in [2.05, 4.69) is 31.8 Å². The number of terminal acetylenes is 1. The molecule has 5 nitrogen and oxygen atoms in total.